The minimum Gasteiger partial charge on any atom is -0.496 e. The molecule has 0 aliphatic carbocycles. The van der Waals surface area contributed by atoms with Crippen LogP contribution < -0.4 is 10.1 Å². The molecule has 0 unspecified atom stereocenters. The van der Waals surface area contributed by atoms with Gasteiger partial charge in [-0.05, 0) is 17.5 Å². The lowest BCUT2D eigenvalue weighted by Crippen LogP contribution is -2.36. The molecule has 0 atom stereocenters. The van der Waals surface area contributed by atoms with E-state index in [4.69, 9.17) is 4.74 Å². The van der Waals surface area contributed by atoms with E-state index in [1.54, 1.807) is 5.41 Å². The fraction of sp³-hybridized carbons (Fsp3) is 0.231. The standard InChI is InChI=1S/C13H13N3O5S/c1-21-9-2-3-10(11(6-9)16(19)20)14-12(17)7-15-4-5-22-8-13(15)18/h2-6H,7-8H2,1H3,(H,14,17). The van der Waals surface area contributed by atoms with Crippen LogP contribution in [0, 0.1) is 10.1 Å². The SMILES string of the molecule is COc1ccc(NC(=O)CN2C=CSCC2=O)c([N+](=O)[O-])c1. The Morgan fingerprint density at radius 1 is 1.55 bits per heavy atom. The van der Waals surface area contributed by atoms with E-state index in [0.717, 1.165) is 0 Å². The summed E-state index contributed by atoms with van der Waals surface area (Å²) in [5.74, 6) is -0.118. The number of ether oxygens (including phenoxy) is 1. The molecule has 1 N–H and O–H groups in total. The van der Waals surface area contributed by atoms with Crippen molar-refractivity contribution in [1.82, 2.24) is 4.90 Å². The predicted molar refractivity (Wildman–Crippen MR) is 81.6 cm³/mol. The molecule has 1 aliphatic heterocycles. The Bertz CT molecular complexity index is 647. The van der Waals surface area contributed by atoms with Crippen molar-refractivity contribution in [3.63, 3.8) is 0 Å². The van der Waals surface area contributed by atoms with E-state index in [9.17, 15) is 19.7 Å². The molecule has 8 nitrogen and oxygen atoms in total. The Hall–Kier alpha value is -2.55. The number of benzene rings is 1. The summed E-state index contributed by atoms with van der Waals surface area (Å²) in [6.07, 6.45) is 1.51. The van der Waals surface area contributed by atoms with E-state index in [1.807, 2.05) is 0 Å². The van der Waals surface area contributed by atoms with E-state index in [1.165, 1.54) is 48.2 Å². The van der Waals surface area contributed by atoms with Crippen LogP contribution in [0.2, 0.25) is 0 Å². The number of amides is 2. The first-order valence-corrected chi connectivity index (χ1v) is 7.26. The highest BCUT2D eigenvalue weighted by Gasteiger charge is 2.21. The van der Waals surface area contributed by atoms with Crippen LogP contribution in [-0.4, -0.2) is 41.0 Å². The normalized spacial score (nSPS) is 13.9. The second kappa shape index (κ2) is 6.94. The molecule has 0 saturated heterocycles. The average Bonchev–Trinajstić information content (AvgIpc) is 2.49. The zero-order valence-corrected chi connectivity index (χ0v) is 12.5. The monoisotopic (exact) mass is 323 g/mol. The van der Waals surface area contributed by atoms with Gasteiger partial charge in [-0.2, -0.15) is 0 Å². The minimum atomic E-state index is -0.610. The quantitative estimate of drug-likeness (QED) is 0.652. The smallest absolute Gasteiger partial charge is 0.296 e. The molecule has 1 aromatic carbocycles. The van der Waals surface area contributed by atoms with Gasteiger partial charge in [-0.15, -0.1) is 11.8 Å². The lowest BCUT2D eigenvalue weighted by Gasteiger charge is -2.20. The Morgan fingerprint density at radius 2 is 2.32 bits per heavy atom. The maximum Gasteiger partial charge on any atom is 0.296 e. The largest absolute Gasteiger partial charge is 0.496 e. The van der Waals surface area contributed by atoms with Crippen LogP contribution in [0.5, 0.6) is 5.75 Å². The zero-order valence-electron chi connectivity index (χ0n) is 11.6. The van der Waals surface area contributed by atoms with Gasteiger partial charge in [0.1, 0.15) is 18.0 Å². The van der Waals surface area contributed by atoms with Crippen LogP contribution in [0.25, 0.3) is 0 Å². The highest BCUT2D eigenvalue weighted by atomic mass is 32.2. The Labute approximate surface area is 130 Å². The summed E-state index contributed by atoms with van der Waals surface area (Å²) in [7, 11) is 1.39. The van der Waals surface area contributed by atoms with Gasteiger partial charge in [0.05, 0.1) is 23.9 Å². The second-order valence-electron chi connectivity index (χ2n) is 4.31. The van der Waals surface area contributed by atoms with Gasteiger partial charge in [0.2, 0.25) is 11.8 Å². The highest BCUT2D eigenvalue weighted by Crippen LogP contribution is 2.28. The fourth-order valence-electron chi connectivity index (χ4n) is 1.78. The van der Waals surface area contributed by atoms with Crippen LogP contribution in [0.15, 0.2) is 29.8 Å². The summed E-state index contributed by atoms with van der Waals surface area (Å²) in [4.78, 5) is 35.2. The minimum absolute atomic E-state index is 0.0543. The molecule has 2 amide bonds. The molecule has 0 aromatic heterocycles. The van der Waals surface area contributed by atoms with E-state index < -0.39 is 10.8 Å². The highest BCUT2D eigenvalue weighted by molar-refractivity contribution is 8.02. The number of hydrogen-bond acceptors (Lipinski definition) is 6. The second-order valence-corrected chi connectivity index (χ2v) is 5.20. The van der Waals surface area contributed by atoms with Gasteiger partial charge in [0.15, 0.2) is 0 Å². The molecule has 0 radical (unpaired) electrons. The first kappa shape index (κ1) is 15.8. The van der Waals surface area contributed by atoms with Crippen LogP contribution in [0.4, 0.5) is 11.4 Å². The van der Waals surface area contributed by atoms with Crippen molar-refractivity contribution in [2.45, 2.75) is 0 Å². The van der Waals surface area contributed by atoms with Gasteiger partial charge < -0.3 is 15.0 Å². The summed E-state index contributed by atoms with van der Waals surface area (Å²) in [6, 6.07) is 4.11. The van der Waals surface area contributed by atoms with Crippen molar-refractivity contribution in [1.29, 1.82) is 0 Å². The van der Waals surface area contributed by atoms with Crippen molar-refractivity contribution in [3.8, 4) is 5.75 Å². The number of nitrogens with zero attached hydrogens (tertiary/aromatic N) is 2. The fourth-order valence-corrected chi connectivity index (χ4v) is 2.42. The molecule has 0 bridgehead atoms. The first-order valence-electron chi connectivity index (χ1n) is 6.21. The number of nitro groups is 1. The number of rotatable bonds is 5. The number of carbonyl (C=O) groups is 2. The number of hydrogen-bond donors (Lipinski definition) is 1. The van der Waals surface area contributed by atoms with Crippen molar-refractivity contribution in [2.75, 3.05) is 24.7 Å². The number of anilines is 1. The third-order valence-corrected chi connectivity index (χ3v) is 3.58. The van der Waals surface area contributed by atoms with Gasteiger partial charge in [-0.1, -0.05) is 0 Å². The maximum atomic E-state index is 12.0. The summed E-state index contributed by atoms with van der Waals surface area (Å²) in [5.41, 5.74) is -0.220. The molecular formula is C13H13N3O5S. The molecule has 2 rings (SSSR count). The van der Waals surface area contributed by atoms with Gasteiger partial charge in [0, 0.05) is 6.20 Å². The van der Waals surface area contributed by atoms with Crippen LogP contribution in [0.1, 0.15) is 0 Å². The molecule has 0 spiro atoms. The van der Waals surface area contributed by atoms with E-state index in [0.29, 0.717) is 5.75 Å². The topological polar surface area (TPSA) is 102 Å². The maximum absolute atomic E-state index is 12.0. The van der Waals surface area contributed by atoms with E-state index in [-0.39, 0.29) is 29.6 Å². The number of nitrogens with one attached hydrogen (secondary N) is 1. The molecule has 1 aliphatic rings. The van der Waals surface area contributed by atoms with Gasteiger partial charge in [-0.25, -0.2) is 0 Å². The number of methoxy groups -OCH3 is 1. The van der Waals surface area contributed by atoms with Crippen molar-refractivity contribution < 1.29 is 19.2 Å². The summed E-state index contributed by atoms with van der Waals surface area (Å²) in [5, 5.41) is 15.2. The number of nitro benzene ring substituents is 1. The lowest BCUT2D eigenvalue weighted by atomic mass is 10.2. The molecule has 0 saturated carbocycles. The number of carbonyl (C=O) groups excluding carboxylic acids is 2. The van der Waals surface area contributed by atoms with E-state index in [2.05, 4.69) is 5.32 Å². The van der Waals surface area contributed by atoms with Crippen LogP contribution in [-0.2, 0) is 9.59 Å². The molecule has 116 valence electrons. The Balaban J connectivity index is 2.11. The van der Waals surface area contributed by atoms with Crippen molar-refractivity contribution in [3.05, 3.63) is 39.9 Å². The van der Waals surface area contributed by atoms with Crippen LogP contribution >= 0.6 is 11.8 Å². The molecule has 0 fully saturated rings. The summed E-state index contributed by atoms with van der Waals surface area (Å²) < 4.78 is 4.92. The number of thioether (sulfide) groups is 1. The van der Waals surface area contributed by atoms with Gasteiger partial charge in [0.25, 0.3) is 5.69 Å². The Kier molecular flexibility index (Phi) is 4.99. The summed E-state index contributed by atoms with van der Waals surface area (Å²) >= 11 is 1.34. The van der Waals surface area contributed by atoms with Crippen LogP contribution in [0.3, 0.4) is 0 Å². The third-order valence-electron chi connectivity index (χ3n) is 2.85. The predicted octanol–water partition coefficient (Wildman–Crippen LogP) is 1.59. The first-order chi connectivity index (χ1) is 10.5. The summed E-state index contributed by atoms with van der Waals surface area (Å²) in [6.45, 7) is -0.195. The van der Waals surface area contributed by atoms with Crippen molar-refractivity contribution >= 4 is 35.0 Å². The third kappa shape index (κ3) is 3.76. The Morgan fingerprint density at radius 3 is 2.95 bits per heavy atom. The molecule has 9 heteroatoms. The van der Waals surface area contributed by atoms with Crippen molar-refractivity contribution in [2.24, 2.45) is 0 Å². The molecular weight excluding hydrogens is 310 g/mol. The van der Waals surface area contributed by atoms with Gasteiger partial charge in [-0.3, -0.25) is 19.7 Å². The van der Waals surface area contributed by atoms with E-state index >= 15 is 0 Å². The molecule has 1 heterocycles. The lowest BCUT2D eigenvalue weighted by molar-refractivity contribution is -0.384. The average molecular weight is 323 g/mol. The molecule has 1 aromatic rings. The van der Waals surface area contributed by atoms with Gasteiger partial charge >= 0.3 is 0 Å². The molecule has 22 heavy (non-hydrogen) atoms. The zero-order chi connectivity index (χ0) is 16.1.